The van der Waals surface area contributed by atoms with E-state index in [-0.39, 0.29) is 0 Å². The number of likely N-dealkylation sites (N-methyl/N-ethyl adjacent to an activating group) is 1. The molecule has 2 heteroatoms. The summed E-state index contributed by atoms with van der Waals surface area (Å²) >= 11 is 0. The lowest BCUT2D eigenvalue weighted by Gasteiger charge is -2.28. The van der Waals surface area contributed by atoms with Gasteiger partial charge in [-0.3, -0.25) is 4.90 Å². The molecule has 0 bridgehead atoms. The average Bonchev–Trinajstić information content (AvgIpc) is 2.92. The van der Waals surface area contributed by atoms with Crippen molar-refractivity contribution in [3.05, 3.63) is 35.4 Å². The first-order valence-corrected chi connectivity index (χ1v) is 8.16. The minimum Gasteiger partial charge on any atom is -0.312 e. The van der Waals surface area contributed by atoms with Crippen molar-refractivity contribution in [2.24, 2.45) is 0 Å². The zero-order valence-corrected chi connectivity index (χ0v) is 13.5. The first kappa shape index (κ1) is 15.5. The van der Waals surface area contributed by atoms with E-state index in [1.807, 2.05) is 0 Å². The van der Waals surface area contributed by atoms with E-state index in [1.54, 1.807) is 0 Å². The fraction of sp³-hybridized carbons (Fsp3) is 0.667. The van der Waals surface area contributed by atoms with Gasteiger partial charge in [-0.1, -0.05) is 45.0 Å². The predicted octanol–water partition coefficient (Wildman–Crippen LogP) is 3.94. The normalized spacial score (nSPS) is 21.6. The summed E-state index contributed by atoms with van der Waals surface area (Å²) in [5.74, 6) is 0.611. The van der Waals surface area contributed by atoms with Crippen LogP contribution in [-0.4, -0.2) is 31.1 Å². The second kappa shape index (κ2) is 7.24. The van der Waals surface area contributed by atoms with Gasteiger partial charge in [-0.2, -0.15) is 0 Å². The van der Waals surface area contributed by atoms with Crippen LogP contribution in [0.4, 0.5) is 0 Å². The molecule has 112 valence electrons. The van der Waals surface area contributed by atoms with Crippen molar-refractivity contribution in [3.63, 3.8) is 0 Å². The number of benzene rings is 1. The third-order valence-electron chi connectivity index (χ3n) is 4.74. The highest BCUT2D eigenvalue weighted by atomic mass is 15.2. The first-order chi connectivity index (χ1) is 9.65. The molecule has 0 aliphatic carbocycles. The fourth-order valence-electron chi connectivity index (χ4n) is 3.31. The van der Waals surface area contributed by atoms with Crippen molar-refractivity contribution in [2.75, 3.05) is 20.1 Å². The van der Waals surface area contributed by atoms with Crippen LogP contribution in [0.25, 0.3) is 0 Å². The minimum atomic E-state index is 0.448. The largest absolute Gasteiger partial charge is 0.312 e. The van der Waals surface area contributed by atoms with Gasteiger partial charge >= 0.3 is 0 Å². The second-order valence-corrected chi connectivity index (χ2v) is 6.36. The standard InChI is InChI=1S/C18H30N2/c1-5-17-7-6-12-20(17)13-18(19-4)16-10-8-15(9-11-16)14(2)3/h8-11,14,17-19H,5-7,12-13H2,1-4H3. The monoisotopic (exact) mass is 274 g/mol. The Morgan fingerprint density at radius 1 is 1.20 bits per heavy atom. The van der Waals surface area contributed by atoms with Crippen LogP contribution in [0.5, 0.6) is 0 Å². The van der Waals surface area contributed by atoms with E-state index >= 15 is 0 Å². The van der Waals surface area contributed by atoms with E-state index in [0.717, 1.165) is 12.6 Å². The van der Waals surface area contributed by atoms with Gasteiger partial charge in [0.05, 0.1) is 0 Å². The highest BCUT2D eigenvalue weighted by molar-refractivity contribution is 5.27. The topological polar surface area (TPSA) is 15.3 Å². The summed E-state index contributed by atoms with van der Waals surface area (Å²) in [5, 5.41) is 3.50. The highest BCUT2D eigenvalue weighted by Gasteiger charge is 2.25. The minimum absolute atomic E-state index is 0.448. The molecule has 0 spiro atoms. The van der Waals surface area contributed by atoms with Crippen molar-refractivity contribution in [2.45, 2.75) is 58.0 Å². The molecule has 2 unspecified atom stereocenters. The van der Waals surface area contributed by atoms with Gasteiger partial charge < -0.3 is 5.32 Å². The summed E-state index contributed by atoms with van der Waals surface area (Å²) in [7, 11) is 2.08. The van der Waals surface area contributed by atoms with Crippen LogP contribution in [-0.2, 0) is 0 Å². The van der Waals surface area contributed by atoms with Crippen molar-refractivity contribution in [1.29, 1.82) is 0 Å². The Morgan fingerprint density at radius 2 is 1.85 bits per heavy atom. The molecule has 20 heavy (non-hydrogen) atoms. The molecule has 1 aliphatic rings. The third kappa shape index (κ3) is 3.62. The molecular weight excluding hydrogens is 244 g/mol. The Balaban J connectivity index is 2.04. The molecule has 0 amide bonds. The molecule has 2 nitrogen and oxygen atoms in total. The Morgan fingerprint density at radius 3 is 2.40 bits per heavy atom. The number of likely N-dealkylation sites (tertiary alicyclic amines) is 1. The van der Waals surface area contributed by atoms with Gasteiger partial charge in [0, 0.05) is 18.6 Å². The summed E-state index contributed by atoms with van der Waals surface area (Å²) in [5.41, 5.74) is 2.84. The van der Waals surface area contributed by atoms with Crippen molar-refractivity contribution < 1.29 is 0 Å². The molecule has 2 atom stereocenters. The molecule has 1 N–H and O–H groups in total. The fourth-order valence-corrected chi connectivity index (χ4v) is 3.31. The van der Waals surface area contributed by atoms with Crippen LogP contribution >= 0.6 is 0 Å². The molecule has 1 aromatic rings. The Bertz CT molecular complexity index is 396. The maximum Gasteiger partial charge on any atom is 0.0446 e. The lowest BCUT2D eigenvalue weighted by Crippen LogP contribution is -2.36. The van der Waals surface area contributed by atoms with Gasteiger partial charge in [0.25, 0.3) is 0 Å². The SMILES string of the molecule is CCC1CCCN1CC(NC)c1ccc(C(C)C)cc1. The predicted molar refractivity (Wildman–Crippen MR) is 87.2 cm³/mol. The van der Waals surface area contributed by atoms with E-state index < -0.39 is 0 Å². The molecule has 0 radical (unpaired) electrons. The molecule has 1 fully saturated rings. The second-order valence-electron chi connectivity index (χ2n) is 6.36. The summed E-state index contributed by atoms with van der Waals surface area (Å²) in [6.45, 7) is 9.22. The van der Waals surface area contributed by atoms with Crippen LogP contribution in [0.15, 0.2) is 24.3 Å². The average molecular weight is 274 g/mol. The van der Waals surface area contributed by atoms with Crippen molar-refractivity contribution >= 4 is 0 Å². The maximum atomic E-state index is 3.50. The molecule has 1 heterocycles. The number of hydrogen-bond acceptors (Lipinski definition) is 2. The van der Waals surface area contributed by atoms with Gasteiger partial charge in [0.15, 0.2) is 0 Å². The van der Waals surface area contributed by atoms with Crippen LogP contribution in [0.1, 0.15) is 63.1 Å². The summed E-state index contributed by atoms with van der Waals surface area (Å²) < 4.78 is 0. The van der Waals surface area contributed by atoms with Crippen molar-refractivity contribution in [3.8, 4) is 0 Å². The van der Waals surface area contributed by atoms with Crippen molar-refractivity contribution in [1.82, 2.24) is 10.2 Å². The van der Waals surface area contributed by atoms with Gasteiger partial charge in [0.2, 0.25) is 0 Å². The number of rotatable bonds is 6. The maximum absolute atomic E-state index is 3.50. The Kier molecular flexibility index (Phi) is 5.62. The van der Waals surface area contributed by atoms with Gasteiger partial charge in [-0.15, -0.1) is 0 Å². The number of hydrogen-bond donors (Lipinski definition) is 1. The number of nitrogens with zero attached hydrogens (tertiary/aromatic N) is 1. The van der Waals surface area contributed by atoms with E-state index in [0.29, 0.717) is 12.0 Å². The highest BCUT2D eigenvalue weighted by Crippen LogP contribution is 2.24. The first-order valence-electron chi connectivity index (χ1n) is 8.16. The van der Waals surface area contributed by atoms with E-state index in [1.165, 1.54) is 36.9 Å². The molecule has 0 aromatic heterocycles. The molecule has 1 aliphatic heterocycles. The quantitative estimate of drug-likeness (QED) is 0.845. The van der Waals surface area contributed by atoms with Crippen LogP contribution in [0.3, 0.4) is 0 Å². The Labute approximate surface area is 124 Å². The lowest BCUT2D eigenvalue weighted by atomic mass is 9.98. The molecule has 1 aromatic carbocycles. The van der Waals surface area contributed by atoms with Gasteiger partial charge in [-0.25, -0.2) is 0 Å². The third-order valence-corrected chi connectivity index (χ3v) is 4.74. The molecular formula is C18H30N2. The van der Waals surface area contributed by atoms with E-state index in [4.69, 9.17) is 0 Å². The summed E-state index contributed by atoms with van der Waals surface area (Å²) in [6, 6.07) is 10.4. The summed E-state index contributed by atoms with van der Waals surface area (Å²) in [6.07, 6.45) is 4.02. The van der Waals surface area contributed by atoms with E-state index in [2.05, 4.69) is 62.3 Å². The van der Waals surface area contributed by atoms with Crippen LogP contribution in [0, 0.1) is 0 Å². The zero-order valence-electron chi connectivity index (χ0n) is 13.5. The smallest absolute Gasteiger partial charge is 0.0446 e. The zero-order chi connectivity index (χ0) is 14.5. The summed E-state index contributed by atoms with van der Waals surface area (Å²) in [4.78, 5) is 2.66. The van der Waals surface area contributed by atoms with Crippen LogP contribution in [0.2, 0.25) is 0 Å². The number of nitrogens with one attached hydrogen (secondary N) is 1. The lowest BCUT2D eigenvalue weighted by molar-refractivity contribution is 0.224. The molecule has 2 rings (SSSR count). The molecule has 1 saturated heterocycles. The molecule has 0 saturated carbocycles. The van der Waals surface area contributed by atoms with Crippen LogP contribution < -0.4 is 5.32 Å². The van der Waals surface area contributed by atoms with Gasteiger partial charge in [-0.05, 0) is 49.9 Å². The van der Waals surface area contributed by atoms with E-state index in [9.17, 15) is 0 Å². The Hall–Kier alpha value is -0.860. The van der Waals surface area contributed by atoms with Gasteiger partial charge in [0.1, 0.15) is 0 Å².